The molecule has 0 aromatic heterocycles. The van der Waals surface area contributed by atoms with E-state index in [9.17, 15) is 9.59 Å². The normalized spacial score (nSPS) is 11.2. The molecule has 170 valence electrons. The van der Waals surface area contributed by atoms with Crippen LogP contribution in [-0.2, 0) is 4.84 Å². The number of hydrogen-bond donors (Lipinski definition) is 0. The lowest BCUT2D eigenvalue weighted by Gasteiger charge is -2.07. The largest absolute Gasteiger partial charge is 0.365 e. The maximum atomic E-state index is 13.1. The van der Waals surface area contributed by atoms with Gasteiger partial charge in [-0.05, 0) is 61.4 Å². The lowest BCUT2D eigenvalue weighted by atomic mass is 10.0. The van der Waals surface area contributed by atoms with Gasteiger partial charge in [0, 0.05) is 15.4 Å². The van der Waals surface area contributed by atoms with Gasteiger partial charge in [-0.15, -0.1) is 0 Å². The lowest BCUT2D eigenvalue weighted by molar-refractivity contribution is 0.0514. The Balaban J connectivity index is 1.66. The van der Waals surface area contributed by atoms with Crippen LogP contribution in [0.15, 0.2) is 99.9 Å². The zero-order valence-corrected chi connectivity index (χ0v) is 20.2. The highest BCUT2D eigenvalue weighted by atomic mass is 33.1. The zero-order valence-electron chi connectivity index (χ0n) is 18.6. The number of Topliss-reactive ketones (excluding diaryl/α,β-unsaturated/α-hetero) is 1. The molecule has 33 heavy (non-hydrogen) atoms. The van der Waals surface area contributed by atoms with Crippen molar-refractivity contribution in [2.24, 2.45) is 5.16 Å². The van der Waals surface area contributed by atoms with E-state index in [-0.39, 0.29) is 11.5 Å². The van der Waals surface area contributed by atoms with Crippen LogP contribution in [0.1, 0.15) is 59.7 Å². The molecule has 4 nitrogen and oxygen atoms in total. The Hall–Kier alpha value is -2.83. The first kappa shape index (κ1) is 24.8. The second-order valence-electron chi connectivity index (χ2n) is 7.43. The number of rotatable bonds is 12. The van der Waals surface area contributed by atoms with Crippen molar-refractivity contribution in [2.45, 2.75) is 48.8 Å². The summed E-state index contributed by atoms with van der Waals surface area (Å²) in [6.07, 6.45) is 4.49. The summed E-state index contributed by atoms with van der Waals surface area (Å²) in [5.74, 6) is -0.779. The average Bonchev–Trinajstić information content (AvgIpc) is 2.88. The maximum Gasteiger partial charge on any atom is 0.365 e. The van der Waals surface area contributed by atoms with E-state index in [0.717, 1.165) is 30.6 Å². The van der Waals surface area contributed by atoms with Crippen LogP contribution in [0, 0.1) is 0 Å². The standard InChI is InChI=1S/C27H27NO3S2/c1-2-3-4-11-16-25(28-31-27(30)22-12-7-5-8-13-22)26(29)21-17-19-24(20-18-21)33-32-23-14-9-6-10-15-23/h5-10,12-15,17-20H,2-4,11,16H2,1H3. The topological polar surface area (TPSA) is 55.7 Å². The van der Waals surface area contributed by atoms with Gasteiger partial charge < -0.3 is 4.84 Å². The number of hydrogen-bond acceptors (Lipinski definition) is 6. The Bertz CT molecular complexity index is 1050. The molecule has 0 aliphatic rings. The van der Waals surface area contributed by atoms with Crippen molar-refractivity contribution in [3.05, 3.63) is 96.1 Å². The molecule has 0 amide bonds. The quantitative estimate of drug-likeness (QED) is 0.0664. The van der Waals surface area contributed by atoms with Gasteiger partial charge in [0.15, 0.2) is 0 Å². The van der Waals surface area contributed by atoms with Gasteiger partial charge in [-0.3, -0.25) is 4.79 Å². The van der Waals surface area contributed by atoms with E-state index < -0.39 is 5.97 Å². The molecule has 0 heterocycles. The van der Waals surface area contributed by atoms with Gasteiger partial charge in [0.25, 0.3) is 0 Å². The summed E-state index contributed by atoms with van der Waals surface area (Å²) in [6, 6.07) is 26.3. The summed E-state index contributed by atoms with van der Waals surface area (Å²) in [5, 5.41) is 3.98. The molecule has 0 unspecified atom stereocenters. The minimum atomic E-state index is -0.570. The number of benzene rings is 3. The van der Waals surface area contributed by atoms with Crippen molar-refractivity contribution in [2.75, 3.05) is 0 Å². The lowest BCUT2D eigenvalue weighted by Crippen LogP contribution is -2.16. The fraction of sp³-hybridized carbons (Fsp3) is 0.222. The highest BCUT2D eigenvalue weighted by Crippen LogP contribution is 2.37. The van der Waals surface area contributed by atoms with Gasteiger partial charge in [-0.1, -0.05) is 89.3 Å². The molecule has 0 fully saturated rings. The molecule has 0 saturated carbocycles. The van der Waals surface area contributed by atoms with Crippen molar-refractivity contribution >= 4 is 39.1 Å². The van der Waals surface area contributed by atoms with Gasteiger partial charge in [-0.2, -0.15) is 0 Å². The van der Waals surface area contributed by atoms with Gasteiger partial charge in [0.1, 0.15) is 5.71 Å². The van der Waals surface area contributed by atoms with Gasteiger partial charge >= 0.3 is 5.97 Å². The molecular weight excluding hydrogens is 450 g/mol. The summed E-state index contributed by atoms with van der Waals surface area (Å²) < 4.78 is 0. The number of carbonyl (C=O) groups excluding carboxylic acids is 2. The molecule has 0 atom stereocenters. The first-order chi connectivity index (χ1) is 16.2. The fourth-order valence-corrected chi connectivity index (χ4v) is 5.00. The summed E-state index contributed by atoms with van der Waals surface area (Å²) >= 11 is 0. The maximum absolute atomic E-state index is 13.1. The van der Waals surface area contributed by atoms with E-state index in [1.54, 1.807) is 58.0 Å². The predicted octanol–water partition coefficient (Wildman–Crippen LogP) is 7.85. The van der Waals surface area contributed by atoms with Crippen LogP contribution in [0.5, 0.6) is 0 Å². The molecule has 0 aliphatic carbocycles. The van der Waals surface area contributed by atoms with E-state index >= 15 is 0 Å². The highest BCUT2D eigenvalue weighted by Gasteiger charge is 2.17. The third-order valence-electron chi connectivity index (χ3n) is 4.87. The van der Waals surface area contributed by atoms with Crippen molar-refractivity contribution in [1.29, 1.82) is 0 Å². The number of oxime groups is 1. The van der Waals surface area contributed by atoms with Crippen molar-refractivity contribution in [1.82, 2.24) is 0 Å². The summed E-state index contributed by atoms with van der Waals surface area (Å²) in [4.78, 5) is 32.7. The number of nitrogens with zero attached hydrogens (tertiary/aromatic N) is 1. The van der Waals surface area contributed by atoms with Gasteiger partial charge in [-0.25, -0.2) is 4.79 Å². The van der Waals surface area contributed by atoms with E-state index in [1.165, 1.54) is 4.90 Å². The van der Waals surface area contributed by atoms with Crippen molar-refractivity contribution < 1.29 is 14.4 Å². The van der Waals surface area contributed by atoms with E-state index in [2.05, 4.69) is 24.2 Å². The third kappa shape index (κ3) is 8.22. The highest BCUT2D eigenvalue weighted by molar-refractivity contribution is 8.76. The first-order valence-electron chi connectivity index (χ1n) is 11.0. The Morgan fingerprint density at radius 2 is 1.33 bits per heavy atom. The SMILES string of the molecule is CCCCCCC(=NOC(=O)c1ccccc1)C(=O)c1ccc(SSc2ccccc2)cc1. The average molecular weight is 478 g/mol. The second-order valence-corrected chi connectivity index (χ2v) is 9.70. The number of carbonyl (C=O) groups is 2. The molecule has 3 aromatic rings. The molecule has 0 N–H and O–H groups in total. The number of unbranched alkanes of at least 4 members (excludes halogenated alkanes) is 3. The van der Waals surface area contributed by atoms with Crippen LogP contribution < -0.4 is 0 Å². The molecule has 3 rings (SSSR count). The molecule has 0 aliphatic heterocycles. The Morgan fingerprint density at radius 1 is 0.727 bits per heavy atom. The van der Waals surface area contributed by atoms with Crippen LogP contribution >= 0.6 is 21.6 Å². The van der Waals surface area contributed by atoms with Crippen LogP contribution in [-0.4, -0.2) is 17.5 Å². The Labute approximate surface area is 203 Å². The second kappa shape index (κ2) is 13.7. The van der Waals surface area contributed by atoms with E-state index in [1.807, 2.05) is 36.4 Å². The summed E-state index contributed by atoms with van der Waals surface area (Å²) in [5.41, 5.74) is 1.21. The van der Waals surface area contributed by atoms with Gasteiger partial charge in [0.2, 0.25) is 5.78 Å². The van der Waals surface area contributed by atoms with E-state index in [4.69, 9.17) is 4.84 Å². The van der Waals surface area contributed by atoms with Crippen LogP contribution in [0.3, 0.4) is 0 Å². The van der Waals surface area contributed by atoms with Crippen LogP contribution in [0.2, 0.25) is 0 Å². The van der Waals surface area contributed by atoms with Gasteiger partial charge in [0.05, 0.1) is 5.56 Å². The number of ketones is 1. The van der Waals surface area contributed by atoms with E-state index in [0.29, 0.717) is 17.5 Å². The summed E-state index contributed by atoms with van der Waals surface area (Å²) in [6.45, 7) is 2.14. The van der Waals surface area contributed by atoms with Crippen LogP contribution in [0.25, 0.3) is 0 Å². The Kier molecular flexibility index (Phi) is 10.3. The molecule has 0 saturated heterocycles. The summed E-state index contributed by atoms with van der Waals surface area (Å²) in [7, 11) is 3.31. The fourth-order valence-electron chi connectivity index (χ4n) is 3.04. The molecular formula is C27H27NO3S2. The first-order valence-corrected chi connectivity index (χ1v) is 13.2. The smallest absolute Gasteiger partial charge is 0.312 e. The molecule has 3 aromatic carbocycles. The van der Waals surface area contributed by atoms with Crippen LogP contribution in [0.4, 0.5) is 0 Å². The molecule has 6 heteroatoms. The van der Waals surface area contributed by atoms with Crippen molar-refractivity contribution in [3.63, 3.8) is 0 Å². The third-order valence-corrected chi connectivity index (χ3v) is 7.29. The minimum Gasteiger partial charge on any atom is -0.312 e. The zero-order chi connectivity index (χ0) is 23.3. The monoisotopic (exact) mass is 477 g/mol. The molecule has 0 bridgehead atoms. The molecule has 0 radical (unpaired) electrons. The van der Waals surface area contributed by atoms with Crippen molar-refractivity contribution in [3.8, 4) is 0 Å². The molecule has 0 spiro atoms. The minimum absolute atomic E-state index is 0.209. The Morgan fingerprint density at radius 3 is 1.97 bits per heavy atom. The predicted molar refractivity (Wildman–Crippen MR) is 137 cm³/mol.